The Kier molecular flexibility index (Phi) is 10.9. The molecule has 26 heavy (non-hydrogen) atoms. The number of carboxylic acid groups (broad SMARTS) is 1. The van der Waals surface area contributed by atoms with Crippen LogP contribution in [0.1, 0.15) is 24.0 Å². The number of benzene rings is 2. The summed E-state index contributed by atoms with van der Waals surface area (Å²) in [5.74, 6) is 0.0978. The summed E-state index contributed by atoms with van der Waals surface area (Å²) in [7, 11) is 0. The predicted molar refractivity (Wildman–Crippen MR) is 108 cm³/mol. The van der Waals surface area contributed by atoms with Crippen LogP contribution in [0.15, 0.2) is 60.7 Å². The molecular weight excluding hydrogens is 350 g/mol. The van der Waals surface area contributed by atoms with Crippen LogP contribution in [0.25, 0.3) is 6.08 Å². The number of rotatable bonds is 11. The normalized spacial score (nSPS) is 10.5. The largest absolute Gasteiger partial charge is 0.494 e. The highest BCUT2D eigenvalue weighted by atomic mass is 35.5. The first-order valence-electron chi connectivity index (χ1n) is 8.60. The van der Waals surface area contributed by atoms with Crippen molar-refractivity contribution in [3.8, 4) is 5.75 Å². The summed E-state index contributed by atoms with van der Waals surface area (Å²) in [6, 6.07) is 18.4. The van der Waals surface area contributed by atoms with Gasteiger partial charge in [-0.3, -0.25) is 4.79 Å². The van der Waals surface area contributed by atoms with Gasteiger partial charge in [-0.25, -0.2) is 0 Å². The van der Waals surface area contributed by atoms with E-state index in [1.807, 2.05) is 42.5 Å². The topological polar surface area (TPSA) is 58.6 Å². The molecule has 0 unspecified atom stereocenters. The van der Waals surface area contributed by atoms with Gasteiger partial charge in [-0.05, 0) is 36.1 Å². The van der Waals surface area contributed by atoms with Crippen molar-refractivity contribution < 1.29 is 14.6 Å². The van der Waals surface area contributed by atoms with Crippen LogP contribution in [0.3, 0.4) is 0 Å². The minimum Gasteiger partial charge on any atom is -0.494 e. The summed E-state index contributed by atoms with van der Waals surface area (Å²) in [5, 5.41) is 11.6. The van der Waals surface area contributed by atoms with E-state index in [4.69, 9.17) is 9.84 Å². The lowest BCUT2D eigenvalue weighted by Gasteiger charge is -2.06. The second-order valence-corrected chi connectivity index (χ2v) is 5.76. The van der Waals surface area contributed by atoms with Gasteiger partial charge in [-0.1, -0.05) is 54.6 Å². The molecule has 0 fully saturated rings. The lowest BCUT2D eigenvalue weighted by atomic mass is 10.1. The summed E-state index contributed by atoms with van der Waals surface area (Å²) in [6.45, 7) is 1.85. The average Bonchev–Trinajstić information content (AvgIpc) is 2.63. The van der Waals surface area contributed by atoms with E-state index in [0.717, 1.165) is 24.2 Å². The quantitative estimate of drug-likeness (QED) is 0.578. The molecule has 2 aromatic rings. The van der Waals surface area contributed by atoms with Gasteiger partial charge in [0, 0.05) is 13.1 Å². The number of hydrogen-bond acceptors (Lipinski definition) is 3. The van der Waals surface area contributed by atoms with Gasteiger partial charge in [0.1, 0.15) is 5.75 Å². The van der Waals surface area contributed by atoms with E-state index in [9.17, 15) is 4.79 Å². The van der Waals surface area contributed by atoms with Crippen LogP contribution in [0.2, 0.25) is 0 Å². The van der Waals surface area contributed by atoms with E-state index in [1.54, 1.807) is 0 Å². The summed E-state index contributed by atoms with van der Waals surface area (Å²) >= 11 is 0. The maximum absolute atomic E-state index is 10.4. The van der Waals surface area contributed by atoms with Gasteiger partial charge < -0.3 is 15.2 Å². The first-order valence-corrected chi connectivity index (χ1v) is 8.60. The molecule has 0 aromatic heterocycles. The number of hydrogen-bond donors (Lipinski definition) is 2. The average molecular weight is 376 g/mol. The van der Waals surface area contributed by atoms with Crippen LogP contribution >= 0.6 is 12.4 Å². The molecule has 5 heteroatoms. The standard InChI is InChI=1S/C21H25NO3.ClH/c23-21(24)14-16-22-15-4-8-19-10-12-20(13-11-19)25-17-5-9-18-6-2-1-3-7-18;/h1-4,6-8,10-13,22H,5,9,14-17H2,(H,23,24);1H/b8-4+;. The number of halogens is 1. The van der Waals surface area contributed by atoms with Gasteiger partial charge in [0.25, 0.3) is 0 Å². The molecule has 2 N–H and O–H groups in total. The van der Waals surface area contributed by atoms with Crippen LogP contribution in [0, 0.1) is 0 Å². The molecule has 0 radical (unpaired) electrons. The fourth-order valence-corrected chi connectivity index (χ4v) is 2.36. The zero-order valence-corrected chi connectivity index (χ0v) is 15.6. The Morgan fingerprint density at radius 3 is 2.50 bits per heavy atom. The van der Waals surface area contributed by atoms with Crippen molar-refractivity contribution in [1.82, 2.24) is 5.32 Å². The van der Waals surface area contributed by atoms with E-state index in [-0.39, 0.29) is 18.8 Å². The maximum Gasteiger partial charge on any atom is 0.304 e. The number of carboxylic acids is 1. The molecule has 0 spiro atoms. The van der Waals surface area contributed by atoms with Crippen LogP contribution in [-0.4, -0.2) is 30.8 Å². The van der Waals surface area contributed by atoms with Crippen molar-refractivity contribution in [2.24, 2.45) is 0 Å². The van der Waals surface area contributed by atoms with Gasteiger partial charge in [0.2, 0.25) is 0 Å². The summed E-state index contributed by atoms with van der Waals surface area (Å²) < 4.78 is 5.77. The Bertz CT molecular complexity index is 657. The fraction of sp³-hybridized carbons (Fsp3) is 0.286. The van der Waals surface area contributed by atoms with Gasteiger partial charge >= 0.3 is 5.97 Å². The third-order valence-electron chi connectivity index (χ3n) is 3.69. The molecule has 0 aliphatic heterocycles. The Balaban J connectivity index is 0.00000338. The maximum atomic E-state index is 10.4. The molecule has 0 bridgehead atoms. The molecular formula is C21H26ClNO3. The fourth-order valence-electron chi connectivity index (χ4n) is 2.36. The van der Waals surface area contributed by atoms with Crippen LogP contribution in [0.4, 0.5) is 0 Å². The molecule has 140 valence electrons. The first-order chi connectivity index (χ1) is 12.2. The van der Waals surface area contributed by atoms with Gasteiger partial charge in [-0.2, -0.15) is 0 Å². The SMILES string of the molecule is Cl.O=C(O)CCNC/C=C/c1ccc(OCCCc2ccccc2)cc1. The van der Waals surface area contributed by atoms with Crippen molar-refractivity contribution in [1.29, 1.82) is 0 Å². The van der Waals surface area contributed by atoms with Crippen LogP contribution in [0.5, 0.6) is 5.75 Å². The molecule has 0 saturated carbocycles. The number of ether oxygens (including phenoxy) is 1. The van der Waals surface area contributed by atoms with E-state index < -0.39 is 5.97 Å². The smallest absolute Gasteiger partial charge is 0.304 e. The van der Waals surface area contributed by atoms with E-state index >= 15 is 0 Å². The minimum absolute atomic E-state index is 0. The van der Waals surface area contributed by atoms with E-state index in [1.165, 1.54) is 5.56 Å². The minimum atomic E-state index is -0.782. The van der Waals surface area contributed by atoms with Crippen LogP contribution in [-0.2, 0) is 11.2 Å². The third kappa shape index (κ3) is 9.25. The molecule has 0 aliphatic carbocycles. The molecule has 2 rings (SSSR count). The summed E-state index contributed by atoms with van der Waals surface area (Å²) in [5.41, 5.74) is 2.43. The summed E-state index contributed by atoms with van der Waals surface area (Å²) in [6.07, 6.45) is 6.15. The lowest BCUT2D eigenvalue weighted by Crippen LogP contribution is -2.17. The Morgan fingerprint density at radius 1 is 1.08 bits per heavy atom. The number of aliphatic carboxylic acids is 1. The highest BCUT2D eigenvalue weighted by Crippen LogP contribution is 2.14. The second-order valence-electron chi connectivity index (χ2n) is 5.76. The molecule has 0 saturated heterocycles. The zero-order chi connectivity index (χ0) is 17.7. The van der Waals surface area contributed by atoms with Crippen molar-refractivity contribution in [3.05, 3.63) is 71.8 Å². The van der Waals surface area contributed by atoms with Gasteiger partial charge in [0.05, 0.1) is 13.0 Å². The molecule has 0 amide bonds. The zero-order valence-electron chi connectivity index (χ0n) is 14.8. The van der Waals surface area contributed by atoms with Gasteiger partial charge in [0.15, 0.2) is 0 Å². The van der Waals surface area contributed by atoms with E-state index in [2.05, 4.69) is 29.6 Å². The van der Waals surface area contributed by atoms with Crippen molar-refractivity contribution >= 4 is 24.5 Å². The Morgan fingerprint density at radius 2 is 1.81 bits per heavy atom. The highest BCUT2D eigenvalue weighted by Gasteiger charge is 1.96. The molecule has 2 aromatic carbocycles. The molecule has 0 aliphatic rings. The number of nitrogens with one attached hydrogen (secondary N) is 1. The van der Waals surface area contributed by atoms with Crippen molar-refractivity contribution in [3.63, 3.8) is 0 Å². The van der Waals surface area contributed by atoms with Gasteiger partial charge in [-0.15, -0.1) is 12.4 Å². The predicted octanol–water partition coefficient (Wildman–Crippen LogP) is 4.20. The van der Waals surface area contributed by atoms with Crippen molar-refractivity contribution in [2.45, 2.75) is 19.3 Å². The number of carbonyl (C=O) groups is 1. The van der Waals surface area contributed by atoms with Crippen molar-refractivity contribution in [2.75, 3.05) is 19.7 Å². The monoisotopic (exact) mass is 375 g/mol. The first kappa shape index (κ1) is 21.7. The highest BCUT2D eigenvalue weighted by molar-refractivity contribution is 5.85. The molecule has 4 nitrogen and oxygen atoms in total. The number of aryl methyl sites for hydroxylation is 1. The Hall–Kier alpha value is -2.30. The van der Waals surface area contributed by atoms with Crippen LogP contribution < -0.4 is 10.1 Å². The Labute approximate surface area is 161 Å². The molecule has 0 atom stereocenters. The third-order valence-corrected chi connectivity index (χ3v) is 3.69. The second kappa shape index (κ2) is 13.0. The van der Waals surface area contributed by atoms with E-state index in [0.29, 0.717) is 19.7 Å². The summed E-state index contributed by atoms with van der Waals surface area (Å²) in [4.78, 5) is 10.4. The molecule has 0 heterocycles. The lowest BCUT2D eigenvalue weighted by molar-refractivity contribution is -0.136.